The molecule has 1 saturated heterocycles. The number of likely N-dealkylation sites (tertiary alicyclic amines) is 1. The summed E-state index contributed by atoms with van der Waals surface area (Å²) in [6.07, 6.45) is 0. The van der Waals surface area contributed by atoms with Crippen molar-refractivity contribution in [2.24, 2.45) is 5.41 Å². The average molecular weight is 305 g/mol. The van der Waals surface area contributed by atoms with Crippen molar-refractivity contribution in [3.8, 4) is 0 Å². The van der Waals surface area contributed by atoms with Crippen LogP contribution in [-0.2, 0) is 0 Å². The van der Waals surface area contributed by atoms with Gasteiger partial charge in [0.15, 0.2) is 5.69 Å². The molecule has 1 aliphatic rings. The Morgan fingerprint density at radius 3 is 2.81 bits per heavy atom. The summed E-state index contributed by atoms with van der Waals surface area (Å²) >= 11 is 1.62. The zero-order chi connectivity index (χ0) is 15.2. The van der Waals surface area contributed by atoms with E-state index in [0.717, 1.165) is 4.88 Å². The second-order valence-corrected chi connectivity index (χ2v) is 6.79. The Morgan fingerprint density at radius 1 is 1.52 bits per heavy atom. The predicted octanol–water partition coefficient (Wildman–Crippen LogP) is 2.39. The van der Waals surface area contributed by atoms with Crippen LogP contribution in [-0.4, -0.2) is 38.6 Å². The minimum absolute atomic E-state index is 0.00640. The standard InChI is InChI=1S/C14H15N3O3S/c1-14(2)7-17(11(14)10-4-3-5-21-10)12(18)8-6-9(13(19)20)16-15-8/h3-6,11H,7H2,1-2H3,(H,15,16)(H,19,20). The third-order valence-corrected chi connectivity index (χ3v) is 4.66. The Morgan fingerprint density at radius 2 is 2.29 bits per heavy atom. The van der Waals surface area contributed by atoms with E-state index in [1.165, 1.54) is 6.07 Å². The van der Waals surface area contributed by atoms with E-state index in [2.05, 4.69) is 24.0 Å². The van der Waals surface area contributed by atoms with Crippen molar-refractivity contribution >= 4 is 23.2 Å². The zero-order valence-electron chi connectivity index (χ0n) is 11.7. The monoisotopic (exact) mass is 305 g/mol. The van der Waals surface area contributed by atoms with Crippen LogP contribution in [0.1, 0.15) is 45.7 Å². The van der Waals surface area contributed by atoms with Crippen LogP contribution in [0.5, 0.6) is 0 Å². The number of carbonyl (C=O) groups is 2. The molecule has 0 saturated carbocycles. The van der Waals surface area contributed by atoms with Crippen LogP contribution in [0.2, 0.25) is 0 Å². The number of rotatable bonds is 3. The molecule has 1 unspecified atom stereocenters. The first-order valence-electron chi connectivity index (χ1n) is 6.53. The fourth-order valence-corrected chi connectivity index (χ4v) is 3.84. The highest BCUT2D eigenvalue weighted by atomic mass is 32.1. The van der Waals surface area contributed by atoms with Gasteiger partial charge in [-0.3, -0.25) is 9.89 Å². The Bertz CT molecular complexity index is 690. The number of hydrogen-bond donors (Lipinski definition) is 2. The number of H-pyrrole nitrogens is 1. The van der Waals surface area contributed by atoms with E-state index in [0.29, 0.717) is 6.54 Å². The molecule has 0 bridgehead atoms. The molecule has 1 amide bonds. The number of aromatic amines is 1. The second kappa shape index (κ2) is 4.70. The number of amides is 1. The Hall–Kier alpha value is -2.15. The summed E-state index contributed by atoms with van der Waals surface area (Å²) in [5.41, 5.74) is 0.0715. The molecule has 3 rings (SSSR count). The van der Waals surface area contributed by atoms with Crippen LogP contribution in [0.4, 0.5) is 0 Å². The fourth-order valence-electron chi connectivity index (χ4n) is 2.79. The average Bonchev–Trinajstić information content (AvgIpc) is 3.06. The minimum atomic E-state index is -1.12. The van der Waals surface area contributed by atoms with Crippen molar-refractivity contribution in [1.82, 2.24) is 15.1 Å². The van der Waals surface area contributed by atoms with Gasteiger partial charge >= 0.3 is 5.97 Å². The molecule has 7 heteroatoms. The number of thiophene rings is 1. The number of carboxylic acids is 1. The number of aromatic nitrogens is 2. The maximum Gasteiger partial charge on any atom is 0.353 e. The maximum atomic E-state index is 12.5. The summed E-state index contributed by atoms with van der Waals surface area (Å²) in [5, 5.41) is 17.0. The molecule has 0 aliphatic carbocycles. The van der Waals surface area contributed by atoms with Crippen LogP contribution >= 0.6 is 11.3 Å². The van der Waals surface area contributed by atoms with E-state index < -0.39 is 5.97 Å². The van der Waals surface area contributed by atoms with E-state index in [1.807, 2.05) is 17.5 Å². The Labute approximate surface area is 125 Å². The first-order chi connectivity index (χ1) is 9.90. The molecular formula is C14H15N3O3S. The number of hydrogen-bond acceptors (Lipinski definition) is 4. The minimum Gasteiger partial charge on any atom is -0.477 e. The van der Waals surface area contributed by atoms with Crippen LogP contribution in [0, 0.1) is 5.41 Å². The molecule has 0 aromatic carbocycles. The van der Waals surface area contributed by atoms with Crippen molar-refractivity contribution in [1.29, 1.82) is 0 Å². The normalized spacial score (nSPS) is 20.1. The highest BCUT2D eigenvalue weighted by Gasteiger charge is 2.49. The van der Waals surface area contributed by atoms with Gasteiger partial charge in [-0.1, -0.05) is 19.9 Å². The van der Waals surface area contributed by atoms with Crippen LogP contribution in [0.15, 0.2) is 23.6 Å². The molecule has 2 aromatic heterocycles. The van der Waals surface area contributed by atoms with Gasteiger partial charge in [0.25, 0.3) is 5.91 Å². The zero-order valence-corrected chi connectivity index (χ0v) is 12.5. The van der Waals surface area contributed by atoms with E-state index in [4.69, 9.17) is 5.11 Å². The molecule has 0 radical (unpaired) electrons. The van der Waals surface area contributed by atoms with Gasteiger partial charge in [0.05, 0.1) is 6.04 Å². The van der Waals surface area contributed by atoms with Crippen LogP contribution < -0.4 is 0 Å². The van der Waals surface area contributed by atoms with Crippen molar-refractivity contribution in [3.63, 3.8) is 0 Å². The summed E-state index contributed by atoms with van der Waals surface area (Å²) in [6, 6.07) is 5.27. The second-order valence-electron chi connectivity index (χ2n) is 5.81. The predicted molar refractivity (Wildman–Crippen MR) is 77.4 cm³/mol. The molecular weight excluding hydrogens is 290 g/mol. The van der Waals surface area contributed by atoms with Gasteiger partial charge in [-0.15, -0.1) is 11.3 Å². The molecule has 2 N–H and O–H groups in total. The van der Waals surface area contributed by atoms with Crippen LogP contribution in [0.3, 0.4) is 0 Å². The molecule has 1 atom stereocenters. The van der Waals surface area contributed by atoms with Gasteiger partial charge in [-0.05, 0) is 11.4 Å². The number of aromatic carboxylic acids is 1. The summed E-state index contributed by atoms with van der Waals surface area (Å²) < 4.78 is 0. The molecule has 2 aromatic rings. The molecule has 1 aliphatic heterocycles. The Kier molecular flexibility index (Phi) is 3.09. The first kappa shape index (κ1) is 13.8. The van der Waals surface area contributed by atoms with Gasteiger partial charge < -0.3 is 10.0 Å². The molecule has 0 spiro atoms. The topological polar surface area (TPSA) is 86.3 Å². The number of carbonyl (C=O) groups excluding carboxylic acids is 1. The number of nitrogens with zero attached hydrogens (tertiary/aromatic N) is 2. The fraction of sp³-hybridized carbons (Fsp3) is 0.357. The lowest BCUT2D eigenvalue weighted by molar-refractivity contribution is -0.0309. The third-order valence-electron chi connectivity index (χ3n) is 3.73. The first-order valence-corrected chi connectivity index (χ1v) is 7.41. The number of carboxylic acid groups (broad SMARTS) is 1. The van der Waals surface area contributed by atoms with Gasteiger partial charge in [-0.2, -0.15) is 5.10 Å². The van der Waals surface area contributed by atoms with Crippen molar-refractivity contribution in [3.05, 3.63) is 39.8 Å². The van der Waals surface area contributed by atoms with Crippen molar-refractivity contribution in [2.75, 3.05) is 6.54 Å². The lowest BCUT2D eigenvalue weighted by atomic mass is 9.74. The lowest BCUT2D eigenvalue weighted by Gasteiger charge is -2.53. The molecule has 3 heterocycles. The van der Waals surface area contributed by atoms with Gasteiger partial charge in [0.2, 0.25) is 0 Å². The summed E-state index contributed by atoms with van der Waals surface area (Å²) in [7, 11) is 0. The van der Waals surface area contributed by atoms with Crippen LogP contribution in [0.25, 0.3) is 0 Å². The molecule has 1 fully saturated rings. The smallest absolute Gasteiger partial charge is 0.353 e. The van der Waals surface area contributed by atoms with E-state index in [9.17, 15) is 9.59 Å². The van der Waals surface area contributed by atoms with E-state index in [1.54, 1.807) is 16.2 Å². The maximum absolute atomic E-state index is 12.5. The molecule has 110 valence electrons. The van der Waals surface area contributed by atoms with Gasteiger partial charge in [0.1, 0.15) is 5.69 Å². The summed E-state index contributed by atoms with van der Waals surface area (Å²) in [4.78, 5) is 26.2. The lowest BCUT2D eigenvalue weighted by Crippen LogP contribution is -2.57. The molecule has 6 nitrogen and oxygen atoms in total. The Balaban J connectivity index is 1.86. The number of nitrogens with one attached hydrogen (secondary N) is 1. The summed E-state index contributed by atoms with van der Waals surface area (Å²) in [5.74, 6) is -1.36. The molecule has 21 heavy (non-hydrogen) atoms. The van der Waals surface area contributed by atoms with E-state index >= 15 is 0 Å². The summed E-state index contributed by atoms with van der Waals surface area (Å²) in [6.45, 7) is 4.87. The van der Waals surface area contributed by atoms with Crippen molar-refractivity contribution < 1.29 is 14.7 Å². The quantitative estimate of drug-likeness (QED) is 0.911. The van der Waals surface area contributed by atoms with Gasteiger partial charge in [-0.25, -0.2) is 4.79 Å². The largest absolute Gasteiger partial charge is 0.477 e. The SMILES string of the molecule is CC1(C)CN(C(=O)c2cc(C(=O)O)[nH]n2)C1c1cccs1. The van der Waals surface area contributed by atoms with Crippen molar-refractivity contribution in [2.45, 2.75) is 19.9 Å². The highest BCUT2D eigenvalue weighted by Crippen LogP contribution is 2.49. The van der Waals surface area contributed by atoms with E-state index in [-0.39, 0.29) is 28.8 Å². The highest BCUT2D eigenvalue weighted by molar-refractivity contribution is 7.10. The third kappa shape index (κ3) is 2.23. The van der Waals surface area contributed by atoms with Gasteiger partial charge in [0, 0.05) is 22.9 Å².